The van der Waals surface area contributed by atoms with Crippen LogP contribution >= 0.6 is 0 Å². The highest BCUT2D eigenvalue weighted by Gasteiger charge is 2.43. The van der Waals surface area contributed by atoms with Crippen LogP contribution in [0.5, 0.6) is 0 Å². The second-order valence-corrected chi connectivity index (χ2v) is 7.42. The molecule has 30 heavy (non-hydrogen) atoms. The topological polar surface area (TPSA) is 94.9 Å². The van der Waals surface area contributed by atoms with E-state index in [1.165, 1.54) is 11.2 Å². The van der Waals surface area contributed by atoms with Gasteiger partial charge in [0.25, 0.3) is 5.91 Å². The van der Waals surface area contributed by atoms with Crippen molar-refractivity contribution in [1.82, 2.24) is 20.4 Å². The average molecular weight is 408 g/mol. The first-order valence-electron chi connectivity index (χ1n) is 9.94. The fraction of sp³-hybridized carbons (Fsp3) is 0.318. The SMILES string of the molecule is CCN1C(=O)N[C@@H](c2cccc(C)c2)C2=C1CN(CC(=O)NCc1ccco1)C2=O. The van der Waals surface area contributed by atoms with Gasteiger partial charge < -0.3 is 20.0 Å². The van der Waals surface area contributed by atoms with Crippen LogP contribution in [0.25, 0.3) is 0 Å². The number of hydrogen-bond donors (Lipinski definition) is 2. The van der Waals surface area contributed by atoms with Crippen LogP contribution in [0.4, 0.5) is 4.79 Å². The van der Waals surface area contributed by atoms with Crippen LogP contribution in [0.1, 0.15) is 29.9 Å². The summed E-state index contributed by atoms with van der Waals surface area (Å²) in [4.78, 5) is 41.3. The minimum absolute atomic E-state index is 0.0845. The van der Waals surface area contributed by atoms with Gasteiger partial charge in [-0.2, -0.15) is 0 Å². The fourth-order valence-corrected chi connectivity index (χ4v) is 3.94. The molecule has 0 radical (unpaired) electrons. The minimum Gasteiger partial charge on any atom is -0.467 e. The molecule has 156 valence electrons. The number of urea groups is 1. The number of aryl methyl sites for hydroxylation is 1. The van der Waals surface area contributed by atoms with Gasteiger partial charge in [0.1, 0.15) is 12.3 Å². The summed E-state index contributed by atoms with van der Waals surface area (Å²) in [7, 11) is 0. The summed E-state index contributed by atoms with van der Waals surface area (Å²) in [5.74, 6) is 0.122. The smallest absolute Gasteiger partial charge is 0.322 e. The van der Waals surface area contributed by atoms with Crippen molar-refractivity contribution >= 4 is 17.8 Å². The first-order valence-corrected chi connectivity index (χ1v) is 9.94. The van der Waals surface area contributed by atoms with E-state index in [1.54, 1.807) is 17.0 Å². The van der Waals surface area contributed by atoms with E-state index in [2.05, 4.69) is 10.6 Å². The molecule has 2 aliphatic rings. The predicted octanol–water partition coefficient (Wildman–Crippen LogP) is 2.09. The van der Waals surface area contributed by atoms with Crippen molar-refractivity contribution in [3.8, 4) is 0 Å². The molecule has 0 spiro atoms. The van der Waals surface area contributed by atoms with Gasteiger partial charge in [-0.05, 0) is 31.5 Å². The Labute approximate surface area is 174 Å². The van der Waals surface area contributed by atoms with E-state index >= 15 is 0 Å². The number of carbonyl (C=O) groups excluding carboxylic acids is 3. The molecule has 1 aromatic carbocycles. The van der Waals surface area contributed by atoms with Crippen LogP contribution in [0.2, 0.25) is 0 Å². The third-order valence-electron chi connectivity index (χ3n) is 5.36. The van der Waals surface area contributed by atoms with E-state index in [-0.39, 0.29) is 37.5 Å². The summed E-state index contributed by atoms with van der Waals surface area (Å²) < 4.78 is 5.21. The molecule has 1 aromatic heterocycles. The van der Waals surface area contributed by atoms with Gasteiger partial charge >= 0.3 is 6.03 Å². The van der Waals surface area contributed by atoms with E-state index < -0.39 is 6.04 Å². The number of carbonyl (C=O) groups is 3. The predicted molar refractivity (Wildman–Crippen MR) is 109 cm³/mol. The van der Waals surface area contributed by atoms with Gasteiger partial charge in [0.2, 0.25) is 5.91 Å². The number of benzene rings is 1. The third-order valence-corrected chi connectivity index (χ3v) is 5.36. The molecule has 8 heteroatoms. The first-order chi connectivity index (χ1) is 14.5. The standard InChI is InChI=1S/C22H24N4O4/c1-3-26-17-12-25(13-18(27)23-11-16-8-5-9-30-16)21(28)19(17)20(24-22(26)29)15-7-4-6-14(2)10-15/h4-10,20H,3,11-13H2,1-2H3,(H,23,27)(H,24,29)/t20-/m0/s1. The number of hydrogen-bond acceptors (Lipinski definition) is 4. The maximum atomic E-state index is 13.2. The largest absolute Gasteiger partial charge is 0.467 e. The lowest BCUT2D eigenvalue weighted by atomic mass is 9.94. The zero-order valence-electron chi connectivity index (χ0n) is 17.0. The number of nitrogens with zero attached hydrogens (tertiary/aromatic N) is 2. The monoisotopic (exact) mass is 408 g/mol. The molecule has 4 amide bonds. The van der Waals surface area contributed by atoms with Crippen molar-refractivity contribution in [2.24, 2.45) is 0 Å². The molecule has 0 saturated heterocycles. The molecule has 3 heterocycles. The van der Waals surface area contributed by atoms with Crippen LogP contribution in [0.15, 0.2) is 58.3 Å². The Bertz CT molecular complexity index is 1010. The lowest BCUT2D eigenvalue weighted by molar-refractivity contribution is -0.132. The zero-order chi connectivity index (χ0) is 21.3. The highest BCUT2D eigenvalue weighted by Crippen LogP contribution is 2.36. The lowest BCUT2D eigenvalue weighted by Gasteiger charge is -2.33. The van der Waals surface area contributed by atoms with Gasteiger partial charge in [0.15, 0.2) is 0 Å². The number of nitrogens with one attached hydrogen (secondary N) is 2. The van der Waals surface area contributed by atoms with Crippen LogP contribution in [0.3, 0.4) is 0 Å². The summed E-state index contributed by atoms with van der Waals surface area (Å²) in [6, 6.07) is 10.5. The summed E-state index contributed by atoms with van der Waals surface area (Å²) in [5.41, 5.74) is 3.09. The van der Waals surface area contributed by atoms with Gasteiger partial charge in [-0.15, -0.1) is 0 Å². The Morgan fingerprint density at radius 3 is 2.80 bits per heavy atom. The highest BCUT2D eigenvalue weighted by atomic mass is 16.3. The van der Waals surface area contributed by atoms with Crippen LogP contribution in [-0.4, -0.2) is 47.3 Å². The fourth-order valence-electron chi connectivity index (χ4n) is 3.94. The molecule has 0 unspecified atom stereocenters. The minimum atomic E-state index is -0.529. The summed E-state index contributed by atoms with van der Waals surface area (Å²) in [5, 5.41) is 5.71. The molecule has 8 nitrogen and oxygen atoms in total. The normalized spacial score (nSPS) is 18.5. The molecule has 0 bridgehead atoms. The van der Waals surface area contributed by atoms with E-state index in [9.17, 15) is 14.4 Å². The maximum Gasteiger partial charge on any atom is 0.322 e. The lowest BCUT2D eigenvalue weighted by Crippen LogP contribution is -2.47. The van der Waals surface area contributed by atoms with Crippen LogP contribution < -0.4 is 10.6 Å². The quantitative estimate of drug-likeness (QED) is 0.765. The number of rotatable bonds is 6. The molecule has 0 aliphatic carbocycles. The van der Waals surface area contributed by atoms with Gasteiger partial charge in [0.05, 0.1) is 36.7 Å². The Hall–Kier alpha value is -3.55. The highest BCUT2D eigenvalue weighted by molar-refractivity contribution is 6.03. The van der Waals surface area contributed by atoms with Crippen molar-refractivity contribution in [1.29, 1.82) is 0 Å². The van der Waals surface area contributed by atoms with Crippen molar-refractivity contribution < 1.29 is 18.8 Å². The maximum absolute atomic E-state index is 13.2. The molecule has 1 atom stereocenters. The molecule has 0 saturated carbocycles. The second kappa shape index (κ2) is 8.06. The molecule has 2 aromatic rings. The van der Waals surface area contributed by atoms with Crippen LogP contribution in [-0.2, 0) is 16.1 Å². The summed E-state index contributed by atoms with van der Waals surface area (Å²) in [6.45, 7) is 4.67. The Morgan fingerprint density at radius 1 is 1.27 bits per heavy atom. The van der Waals surface area contributed by atoms with E-state index in [4.69, 9.17) is 4.42 Å². The number of likely N-dealkylation sites (N-methyl/N-ethyl adjacent to an activating group) is 1. The summed E-state index contributed by atoms with van der Waals surface area (Å²) in [6.07, 6.45) is 1.54. The van der Waals surface area contributed by atoms with Crippen molar-refractivity contribution in [3.63, 3.8) is 0 Å². The molecular formula is C22H24N4O4. The van der Waals surface area contributed by atoms with Crippen molar-refractivity contribution in [2.75, 3.05) is 19.6 Å². The Balaban J connectivity index is 1.54. The van der Waals surface area contributed by atoms with Gasteiger partial charge in [-0.1, -0.05) is 29.8 Å². The van der Waals surface area contributed by atoms with E-state index in [0.29, 0.717) is 23.6 Å². The average Bonchev–Trinajstić information content (AvgIpc) is 3.35. The van der Waals surface area contributed by atoms with Crippen molar-refractivity contribution in [2.45, 2.75) is 26.4 Å². The summed E-state index contributed by atoms with van der Waals surface area (Å²) >= 11 is 0. The molecular weight excluding hydrogens is 384 g/mol. The molecule has 0 fully saturated rings. The third kappa shape index (κ3) is 3.68. The van der Waals surface area contributed by atoms with E-state index in [1.807, 2.05) is 38.1 Å². The molecule has 2 aliphatic heterocycles. The van der Waals surface area contributed by atoms with Gasteiger partial charge in [-0.25, -0.2) is 4.79 Å². The zero-order valence-corrected chi connectivity index (χ0v) is 17.0. The Kier molecular flexibility index (Phi) is 5.31. The second-order valence-electron chi connectivity index (χ2n) is 7.42. The van der Waals surface area contributed by atoms with Crippen molar-refractivity contribution in [3.05, 3.63) is 70.8 Å². The number of furan rings is 1. The molecule has 2 N–H and O–H groups in total. The van der Waals surface area contributed by atoms with Gasteiger partial charge in [0, 0.05) is 6.54 Å². The van der Waals surface area contributed by atoms with E-state index in [0.717, 1.165) is 11.1 Å². The molecule has 4 rings (SSSR count). The van der Waals surface area contributed by atoms with Crippen LogP contribution in [0, 0.1) is 6.92 Å². The first kappa shape index (κ1) is 19.8. The Morgan fingerprint density at radius 2 is 2.10 bits per heavy atom. The van der Waals surface area contributed by atoms with Gasteiger partial charge in [-0.3, -0.25) is 14.5 Å². The number of amides is 4.